The molecular formula is C25H30N4O3. The Balaban J connectivity index is 1.23. The molecule has 0 aliphatic carbocycles. The van der Waals surface area contributed by atoms with E-state index in [0.29, 0.717) is 6.79 Å². The molecule has 168 valence electrons. The van der Waals surface area contributed by atoms with E-state index >= 15 is 0 Å². The summed E-state index contributed by atoms with van der Waals surface area (Å²) in [5.74, 6) is 2.46. The van der Waals surface area contributed by atoms with Crippen molar-refractivity contribution in [1.82, 2.24) is 15.6 Å². The summed E-state index contributed by atoms with van der Waals surface area (Å²) in [7, 11) is 1.82. The van der Waals surface area contributed by atoms with Gasteiger partial charge in [-0.25, -0.2) is 0 Å². The number of hydrogen-bond donors (Lipinski definition) is 3. The molecule has 2 aliphatic heterocycles. The van der Waals surface area contributed by atoms with Crippen molar-refractivity contribution in [3.05, 3.63) is 59.8 Å². The molecule has 7 nitrogen and oxygen atoms in total. The van der Waals surface area contributed by atoms with Gasteiger partial charge >= 0.3 is 0 Å². The van der Waals surface area contributed by atoms with Crippen LogP contribution >= 0.6 is 0 Å². The predicted octanol–water partition coefficient (Wildman–Crippen LogP) is 3.35. The van der Waals surface area contributed by atoms with Gasteiger partial charge < -0.3 is 29.8 Å². The highest BCUT2D eigenvalue weighted by molar-refractivity contribution is 5.83. The summed E-state index contributed by atoms with van der Waals surface area (Å²) in [5, 5.41) is 8.32. The van der Waals surface area contributed by atoms with Gasteiger partial charge in [-0.15, -0.1) is 0 Å². The summed E-state index contributed by atoms with van der Waals surface area (Å²) in [5.41, 5.74) is 3.71. The summed E-state index contributed by atoms with van der Waals surface area (Å²) < 4.78 is 16.8. The fraction of sp³-hybridized carbons (Fsp3) is 0.400. The van der Waals surface area contributed by atoms with E-state index in [-0.39, 0.29) is 5.41 Å². The second kappa shape index (κ2) is 9.12. The van der Waals surface area contributed by atoms with Crippen LogP contribution in [0.4, 0.5) is 0 Å². The molecule has 0 bridgehead atoms. The SMILES string of the molecule is CN=C(NCCc1c[nH]c2ccccc12)NCC1(c2ccc3c(c2)OCO3)CCOCC1. The fourth-order valence-electron chi connectivity index (χ4n) is 4.68. The standard InChI is InChI=1S/C25H30N4O3/c1-26-24(27-11-8-18-15-28-21-5-3-2-4-20(18)21)29-16-25(9-12-30-13-10-25)19-6-7-22-23(14-19)32-17-31-22/h2-7,14-15,28H,8-13,16-17H2,1H3,(H2,26,27,29). The lowest BCUT2D eigenvalue weighted by Gasteiger charge is -2.38. The molecular weight excluding hydrogens is 404 g/mol. The van der Waals surface area contributed by atoms with Gasteiger partial charge in [-0.1, -0.05) is 24.3 Å². The van der Waals surface area contributed by atoms with Gasteiger partial charge in [0.25, 0.3) is 0 Å². The number of H-pyrrole nitrogens is 1. The van der Waals surface area contributed by atoms with E-state index in [0.717, 1.165) is 63.0 Å². The molecule has 3 heterocycles. The number of hydrogen-bond acceptors (Lipinski definition) is 4. The van der Waals surface area contributed by atoms with Crippen LogP contribution in [0.25, 0.3) is 10.9 Å². The summed E-state index contributed by atoms with van der Waals surface area (Å²) in [6.07, 6.45) is 4.92. The largest absolute Gasteiger partial charge is 0.454 e. The Labute approximate surface area is 188 Å². The van der Waals surface area contributed by atoms with Gasteiger partial charge in [0.1, 0.15) is 0 Å². The van der Waals surface area contributed by atoms with Crippen LogP contribution in [0.1, 0.15) is 24.0 Å². The maximum atomic E-state index is 5.68. The molecule has 0 radical (unpaired) electrons. The Hall–Kier alpha value is -3.19. The minimum atomic E-state index is -0.0340. The van der Waals surface area contributed by atoms with Crippen molar-refractivity contribution in [1.29, 1.82) is 0 Å². The van der Waals surface area contributed by atoms with Gasteiger partial charge in [0.2, 0.25) is 6.79 Å². The van der Waals surface area contributed by atoms with Crippen LogP contribution in [0.5, 0.6) is 11.5 Å². The minimum Gasteiger partial charge on any atom is -0.454 e. The lowest BCUT2D eigenvalue weighted by Crippen LogP contribution is -2.48. The van der Waals surface area contributed by atoms with E-state index < -0.39 is 0 Å². The first kappa shape index (κ1) is 20.7. The van der Waals surface area contributed by atoms with Crippen molar-refractivity contribution < 1.29 is 14.2 Å². The van der Waals surface area contributed by atoms with Gasteiger partial charge in [0, 0.05) is 55.9 Å². The second-order valence-corrected chi connectivity index (χ2v) is 8.42. The van der Waals surface area contributed by atoms with Crippen LogP contribution in [0, 0.1) is 0 Å². The summed E-state index contributed by atoms with van der Waals surface area (Å²) in [6, 6.07) is 14.7. The fourth-order valence-corrected chi connectivity index (χ4v) is 4.68. The number of rotatable bonds is 6. The second-order valence-electron chi connectivity index (χ2n) is 8.42. The van der Waals surface area contributed by atoms with E-state index in [1.54, 1.807) is 0 Å². The third-order valence-electron chi connectivity index (χ3n) is 6.61. The Kier molecular flexibility index (Phi) is 5.90. The smallest absolute Gasteiger partial charge is 0.231 e. The zero-order valence-electron chi connectivity index (χ0n) is 18.4. The predicted molar refractivity (Wildman–Crippen MR) is 126 cm³/mol. The number of nitrogens with one attached hydrogen (secondary N) is 3. The molecule has 2 aliphatic rings. The molecule has 7 heteroatoms. The van der Waals surface area contributed by atoms with Crippen LogP contribution in [-0.4, -0.2) is 51.1 Å². The van der Waals surface area contributed by atoms with Gasteiger partial charge in [-0.2, -0.15) is 0 Å². The van der Waals surface area contributed by atoms with Crippen LogP contribution in [-0.2, 0) is 16.6 Å². The first-order valence-corrected chi connectivity index (χ1v) is 11.2. The molecule has 1 aromatic heterocycles. The number of aromatic amines is 1. The molecule has 1 fully saturated rings. The van der Waals surface area contributed by atoms with Crippen LogP contribution < -0.4 is 20.1 Å². The van der Waals surface area contributed by atoms with Gasteiger partial charge in [-0.3, -0.25) is 4.99 Å². The number of nitrogens with zero attached hydrogens (tertiary/aromatic N) is 1. The van der Waals surface area contributed by atoms with Gasteiger partial charge in [-0.05, 0) is 48.6 Å². The maximum Gasteiger partial charge on any atom is 0.231 e. The van der Waals surface area contributed by atoms with Crippen LogP contribution in [0.2, 0.25) is 0 Å². The molecule has 1 saturated heterocycles. The number of aromatic nitrogens is 1. The number of aliphatic imine (C=N–C) groups is 1. The summed E-state index contributed by atoms with van der Waals surface area (Å²) >= 11 is 0. The molecule has 32 heavy (non-hydrogen) atoms. The van der Waals surface area contributed by atoms with Crippen LogP contribution in [0.3, 0.4) is 0 Å². The minimum absolute atomic E-state index is 0.0340. The number of benzene rings is 2. The molecule has 0 unspecified atom stereocenters. The highest BCUT2D eigenvalue weighted by Gasteiger charge is 2.35. The quantitative estimate of drug-likeness (QED) is 0.410. The molecule has 2 aromatic carbocycles. The molecule has 0 saturated carbocycles. The zero-order valence-corrected chi connectivity index (χ0v) is 18.4. The number of guanidine groups is 1. The Morgan fingerprint density at radius 2 is 1.91 bits per heavy atom. The normalized spacial score (nSPS) is 17.5. The van der Waals surface area contributed by atoms with Gasteiger partial charge in [0.15, 0.2) is 17.5 Å². The van der Waals surface area contributed by atoms with E-state index in [9.17, 15) is 0 Å². The van der Waals surface area contributed by atoms with Crippen molar-refractivity contribution in [3.63, 3.8) is 0 Å². The maximum absolute atomic E-state index is 5.68. The Morgan fingerprint density at radius 1 is 1.06 bits per heavy atom. The van der Waals surface area contributed by atoms with Crippen LogP contribution in [0.15, 0.2) is 53.7 Å². The molecule has 5 rings (SSSR count). The first-order chi connectivity index (χ1) is 15.8. The number of para-hydroxylation sites is 1. The zero-order chi connectivity index (χ0) is 21.8. The highest BCUT2D eigenvalue weighted by atomic mass is 16.7. The van der Waals surface area contributed by atoms with Crippen molar-refractivity contribution >= 4 is 16.9 Å². The van der Waals surface area contributed by atoms with Crippen molar-refractivity contribution in [2.75, 3.05) is 40.1 Å². The molecule has 3 N–H and O–H groups in total. The molecule has 3 aromatic rings. The van der Waals surface area contributed by atoms with Crippen molar-refractivity contribution in [3.8, 4) is 11.5 Å². The van der Waals surface area contributed by atoms with E-state index in [4.69, 9.17) is 14.2 Å². The Morgan fingerprint density at radius 3 is 2.78 bits per heavy atom. The highest BCUT2D eigenvalue weighted by Crippen LogP contribution is 2.40. The van der Waals surface area contributed by atoms with Crippen molar-refractivity contribution in [2.24, 2.45) is 4.99 Å². The van der Waals surface area contributed by atoms with Gasteiger partial charge in [0.05, 0.1) is 0 Å². The molecule has 0 amide bonds. The molecule has 0 atom stereocenters. The number of fused-ring (bicyclic) bond motifs is 2. The van der Waals surface area contributed by atoms with E-state index in [2.05, 4.69) is 63.2 Å². The molecule has 0 spiro atoms. The van der Waals surface area contributed by atoms with E-state index in [1.165, 1.54) is 22.0 Å². The average molecular weight is 435 g/mol. The Bertz CT molecular complexity index is 1100. The lowest BCUT2D eigenvalue weighted by atomic mass is 9.74. The van der Waals surface area contributed by atoms with E-state index in [1.807, 2.05) is 13.1 Å². The summed E-state index contributed by atoms with van der Waals surface area (Å²) in [6.45, 7) is 3.38. The lowest BCUT2D eigenvalue weighted by molar-refractivity contribution is 0.0513. The van der Waals surface area contributed by atoms with Crippen molar-refractivity contribution in [2.45, 2.75) is 24.7 Å². The topological polar surface area (TPSA) is 79.9 Å². The number of ether oxygens (including phenoxy) is 3. The third-order valence-corrected chi connectivity index (χ3v) is 6.61. The summed E-state index contributed by atoms with van der Waals surface area (Å²) in [4.78, 5) is 7.79. The average Bonchev–Trinajstić information content (AvgIpc) is 3.48. The first-order valence-electron chi connectivity index (χ1n) is 11.2. The third kappa shape index (κ3) is 4.12. The monoisotopic (exact) mass is 434 g/mol.